The molecule has 2 aromatic carbocycles. The molecule has 0 unspecified atom stereocenters. The number of rotatable bonds is 9. The van der Waals surface area contributed by atoms with E-state index in [1.54, 1.807) is 19.2 Å². The summed E-state index contributed by atoms with van der Waals surface area (Å²) in [6, 6.07) is 11.0. The molecule has 30 heavy (non-hydrogen) atoms. The van der Waals surface area contributed by atoms with Crippen LogP contribution in [0.1, 0.15) is 28.4 Å². The first kappa shape index (κ1) is 23.1. The standard InChI is InChI=1S/C21H25F3N4O2/c1-3-26-21(27-11-10-14-6-4-7-15(12-14)19(29)25-2)28-13-16-17(22)8-5-9-18(16)30-20(23)24/h4-9,12,20H,3,10-11,13H2,1-2H3,(H,25,29)(H2,26,27,28). The van der Waals surface area contributed by atoms with Crippen molar-refractivity contribution < 1.29 is 22.7 Å². The zero-order chi connectivity index (χ0) is 21.9. The van der Waals surface area contributed by atoms with E-state index in [9.17, 15) is 18.0 Å². The molecular weight excluding hydrogens is 397 g/mol. The van der Waals surface area contributed by atoms with Gasteiger partial charge in [0.1, 0.15) is 11.6 Å². The molecule has 0 fully saturated rings. The summed E-state index contributed by atoms with van der Waals surface area (Å²) in [5.41, 5.74) is 1.48. The topological polar surface area (TPSA) is 74.8 Å². The molecule has 0 aliphatic carbocycles. The third-order valence-corrected chi connectivity index (χ3v) is 4.15. The van der Waals surface area contributed by atoms with Crippen LogP contribution in [0, 0.1) is 5.82 Å². The van der Waals surface area contributed by atoms with E-state index in [-0.39, 0.29) is 23.8 Å². The largest absolute Gasteiger partial charge is 0.434 e. The quantitative estimate of drug-likeness (QED) is 0.429. The maximum absolute atomic E-state index is 14.1. The van der Waals surface area contributed by atoms with Gasteiger partial charge in [0.15, 0.2) is 5.96 Å². The third-order valence-electron chi connectivity index (χ3n) is 4.15. The molecule has 0 radical (unpaired) electrons. The second kappa shape index (κ2) is 11.7. The molecule has 0 saturated heterocycles. The fraction of sp³-hybridized carbons (Fsp3) is 0.333. The SMILES string of the molecule is CCNC(=NCc1c(F)cccc1OC(F)F)NCCc1cccc(C(=O)NC)c1. The van der Waals surface area contributed by atoms with Crippen LogP contribution in [-0.4, -0.2) is 38.6 Å². The number of benzene rings is 2. The van der Waals surface area contributed by atoms with Gasteiger partial charge in [0.2, 0.25) is 0 Å². The highest BCUT2D eigenvalue weighted by Gasteiger charge is 2.13. The van der Waals surface area contributed by atoms with Crippen molar-refractivity contribution in [3.63, 3.8) is 0 Å². The lowest BCUT2D eigenvalue weighted by atomic mass is 10.1. The molecule has 0 heterocycles. The first-order valence-corrected chi connectivity index (χ1v) is 9.50. The highest BCUT2D eigenvalue weighted by atomic mass is 19.3. The first-order valence-electron chi connectivity index (χ1n) is 9.50. The molecule has 2 rings (SSSR count). The van der Waals surface area contributed by atoms with Gasteiger partial charge in [0.05, 0.1) is 12.1 Å². The summed E-state index contributed by atoms with van der Waals surface area (Å²) in [5, 5.41) is 8.71. The van der Waals surface area contributed by atoms with Crippen LogP contribution in [0.5, 0.6) is 5.75 Å². The van der Waals surface area contributed by atoms with Gasteiger partial charge in [-0.25, -0.2) is 9.38 Å². The number of carbonyl (C=O) groups is 1. The lowest BCUT2D eigenvalue weighted by Crippen LogP contribution is -2.38. The fourth-order valence-electron chi connectivity index (χ4n) is 2.74. The maximum atomic E-state index is 14.1. The Balaban J connectivity index is 2.03. The lowest BCUT2D eigenvalue weighted by Gasteiger charge is -2.13. The highest BCUT2D eigenvalue weighted by molar-refractivity contribution is 5.94. The number of hydrogen-bond donors (Lipinski definition) is 3. The fourth-order valence-corrected chi connectivity index (χ4v) is 2.74. The van der Waals surface area contributed by atoms with Gasteiger partial charge in [-0.1, -0.05) is 18.2 Å². The Morgan fingerprint density at radius 2 is 1.93 bits per heavy atom. The average molecular weight is 422 g/mol. The summed E-state index contributed by atoms with van der Waals surface area (Å²) in [6.07, 6.45) is 0.620. The average Bonchev–Trinajstić information content (AvgIpc) is 2.72. The molecule has 6 nitrogen and oxygen atoms in total. The van der Waals surface area contributed by atoms with Crippen molar-refractivity contribution in [1.29, 1.82) is 0 Å². The molecule has 0 spiro atoms. The van der Waals surface area contributed by atoms with Gasteiger partial charge in [0, 0.05) is 25.7 Å². The first-order chi connectivity index (χ1) is 14.4. The van der Waals surface area contributed by atoms with E-state index in [0.29, 0.717) is 31.0 Å². The maximum Gasteiger partial charge on any atom is 0.387 e. The molecule has 0 bridgehead atoms. The Kier molecular flexibility index (Phi) is 8.99. The molecule has 0 saturated carbocycles. The minimum atomic E-state index is -3.05. The zero-order valence-electron chi connectivity index (χ0n) is 16.8. The summed E-state index contributed by atoms with van der Waals surface area (Å²) in [5.74, 6) is -0.660. The van der Waals surface area contributed by atoms with E-state index in [4.69, 9.17) is 0 Å². The molecule has 1 amide bonds. The molecule has 2 aromatic rings. The third kappa shape index (κ3) is 6.98. The van der Waals surface area contributed by atoms with Crippen LogP contribution in [0.25, 0.3) is 0 Å². The summed E-state index contributed by atoms with van der Waals surface area (Å²) in [6.45, 7) is -0.281. The monoisotopic (exact) mass is 422 g/mol. The van der Waals surface area contributed by atoms with E-state index in [1.807, 2.05) is 19.1 Å². The van der Waals surface area contributed by atoms with Gasteiger partial charge >= 0.3 is 6.61 Å². The predicted molar refractivity (Wildman–Crippen MR) is 109 cm³/mol. The molecule has 0 aliphatic rings. The second-order valence-corrected chi connectivity index (χ2v) is 6.25. The van der Waals surface area contributed by atoms with Crippen LogP contribution < -0.4 is 20.7 Å². The summed E-state index contributed by atoms with van der Waals surface area (Å²) >= 11 is 0. The molecule has 3 N–H and O–H groups in total. The molecular formula is C21H25F3N4O2. The Morgan fingerprint density at radius 3 is 2.63 bits per heavy atom. The Bertz CT molecular complexity index is 875. The lowest BCUT2D eigenvalue weighted by molar-refractivity contribution is -0.0506. The van der Waals surface area contributed by atoms with Crippen LogP contribution in [0.2, 0.25) is 0 Å². The Labute approximate surface area is 173 Å². The Morgan fingerprint density at radius 1 is 1.17 bits per heavy atom. The number of nitrogens with one attached hydrogen (secondary N) is 3. The predicted octanol–water partition coefficient (Wildman–Crippen LogP) is 3.08. The molecule has 0 aromatic heterocycles. The van der Waals surface area contributed by atoms with Crippen LogP contribution in [0.15, 0.2) is 47.5 Å². The summed E-state index contributed by atoms with van der Waals surface area (Å²) < 4.78 is 43.6. The number of carbonyl (C=O) groups excluding carboxylic acids is 1. The molecule has 0 aliphatic heterocycles. The van der Waals surface area contributed by atoms with Crippen LogP contribution in [-0.2, 0) is 13.0 Å². The van der Waals surface area contributed by atoms with Gasteiger partial charge in [0.25, 0.3) is 5.91 Å². The zero-order valence-corrected chi connectivity index (χ0v) is 16.8. The normalized spacial score (nSPS) is 11.3. The molecule has 162 valence electrons. The second-order valence-electron chi connectivity index (χ2n) is 6.25. The van der Waals surface area contributed by atoms with Gasteiger partial charge in [-0.2, -0.15) is 8.78 Å². The van der Waals surface area contributed by atoms with Crippen molar-refractivity contribution in [3.05, 3.63) is 65.0 Å². The van der Waals surface area contributed by atoms with Crippen molar-refractivity contribution in [1.82, 2.24) is 16.0 Å². The van der Waals surface area contributed by atoms with E-state index in [1.165, 1.54) is 18.2 Å². The van der Waals surface area contributed by atoms with Crippen molar-refractivity contribution >= 4 is 11.9 Å². The number of amides is 1. The Hall–Kier alpha value is -3.23. The number of aliphatic imine (C=N–C) groups is 1. The van der Waals surface area contributed by atoms with E-state index >= 15 is 0 Å². The number of guanidine groups is 1. The van der Waals surface area contributed by atoms with Gasteiger partial charge < -0.3 is 20.7 Å². The number of hydrogen-bond acceptors (Lipinski definition) is 3. The van der Waals surface area contributed by atoms with Gasteiger partial charge in [-0.05, 0) is 43.2 Å². The van der Waals surface area contributed by atoms with Crippen LogP contribution >= 0.6 is 0 Å². The summed E-state index contributed by atoms with van der Waals surface area (Å²) in [7, 11) is 1.57. The van der Waals surface area contributed by atoms with Crippen molar-refractivity contribution in [3.8, 4) is 5.75 Å². The number of nitrogens with zero attached hydrogens (tertiary/aromatic N) is 1. The number of ether oxygens (including phenoxy) is 1. The minimum Gasteiger partial charge on any atom is -0.434 e. The highest BCUT2D eigenvalue weighted by Crippen LogP contribution is 2.24. The van der Waals surface area contributed by atoms with E-state index < -0.39 is 12.4 Å². The molecule has 0 atom stereocenters. The molecule has 9 heteroatoms. The summed E-state index contributed by atoms with van der Waals surface area (Å²) in [4.78, 5) is 16.0. The van der Waals surface area contributed by atoms with Crippen molar-refractivity contribution in [2.24, 2.45) is 4.99 Å². The van der Waals surface area contributed by atoms with Crippen molar-refractivity contribution in [2.45, 2.75) is 26.5 Å². The smallest absolute Gasteiger partial charge is 0.387 e. The van der Waals surface area contributed by atoms with Gasteiger partial charge in [-0.3, -0.25) is 4.79 Å². The van der Waals surface area contributed by atoms with Crippen molar-refractivity contribution in [2.75, 3.05) is 20.1 Å². The van der Waals surface area contributed by atoms with E-state index in [0.717, 1.165) is 5.56 Å². The number of halogens is 3. The number of alkyl halides is 2. The minimum absolute atomic E-state index is 0.0479. The van der Waals surface area contributed by atoms with Crippen LogP contribution in [0.4, 0.5) is 13.2 Å². The van der Waals surface area contributed by atoms with Crippen LogP contribution in [0.3, 0.4) is 0 Å². The van der Waals surface area contributed by atoms with E-state index in [2.05, 4.69) is 25.7 Å². The van der Waals surface area contributed by atoms with Gasteiger partial charge in [-0.15, -0.1) is 0 Å².